The summed E-state index contributed by atoms with van der Waals surface area (Å²) in [4.78, 5) is 18.1. The SMILES string of the molecule is CCNC(=NCCCN(C(=O)OC(C)(C)C)C(C)C)NCCC(F)(F)F. The summed E-state index contributed by atoms with van der Waals surface area (Å²) >= 11 is 0. The standard InChI is InChI=1S/C17H33F3N4O2/c1-7-21-14(23-11-9-17(18,19)20)22-10-8-12-24(13(2)3)15(25)26-16(4,5)6/h13H,7-12H2,1-6H3,(H2,21,22,23). The number of ether oxygens (including phenoxy) is 1. The number of hydrogen-bond acceptors (Lipinski definition) is 3. The van der Waals surface area contributed by atoms with E-state index in [4.69, 9.17) is 4.74 Å². The fraction of sp³-hybridized carbons (Fsp3) is 0.882. The molecule has 0 saturated carbocycles. The highest BCUT2D eigenvalue weighted by atomic mass is 19.4. The molecule has 9 heteroatoms. The number of halogens is 3. The second kappa shape index (κ2) is 11.1. The van der Waals surface area contributed by atoms with Crippen LogP contribution in [0.15, 0.2) is 4.99 Å². The Morgan fingerprint density at radius 1 is 1.19 bits per heavy atom. The Bertz CT molecular complexity index is 446. The van der Waals surface area contributed by atoms with Gasteiger partial charge in [-0.25, -0.2) is 4.79 Å². The summed E-state index contributed by atoms with van der Waals surface area (Å²) in [6.07, 6.45) is -4.92. The lowest BCUT2D eigenvalue weighted by Gasteiger charge is -2.30. The van der Waals surface area contributed by atoms with E-state index in [0.29, 0.717) is 32.0 Å². The van der Waals surface area contributed by atoms with Gasteiger partial charge in [0.25, 0.3) is 0 Å². The van der Waals surface area contributed by atoms with Crippen molar-refractivity contribution in [3.63, 3.8) is 0 Å². The molecule has 0 aromatic rings. The van der Waals surface area contributed by atoms with Crippen molar-refractivity contribution in [3.8, 4) is 0 Å². The Morgan fingerprint density at radius 2 is 1.81 bits per heavy atom. The van der Waals surface area contributed by atoms with Crippen molar-refractivity contribution in [2.24, 2.45) is 4.99 Å². The molecule has 0 heterocycles. The number of carbonyl (C=O) groups excluding carboxylic acids is 1. The molecular weight excluding hydrogens is 349 g/mol. The summed E-state index contributed by atoms with van der Waals surface area (Å²) in [5.74, 6) is 0.338. The molecule has 0 aliphatic heterocycles. The van der Waals surface area contributed by atoms with E-state index in [1.165, 1.54) is 0 Å². The molecule has 0 fully saturated rings. The van der Waals surface area contributed by atoms with Gasteiger partial charge in [-0.1, -0.05) is 0 Å². The van der Waals surface area contributed by atoms with Crippen molar-refractivity contribution < 1.29 is 22.7 Å². The van der Waals surface area contributed by atoms with E-state index in [-0.39, 0.29) is 18.7 Å². The van der Waals surface area contributed by atoms with E-state index < -0.39 is 18.2 Å². The van der Waals surface area contributed by atoms with Crippen LogP contribution >= 0.6 is 0 Å². The highest BCUT2D eigenvalue weighted by Crippen LogP contribution is 2.18. The van der Waals surface area contributed by atoms with E-state index in [0.717, 1.165) is 0 Å². The molecule has 6 nitrogen and oxygen atoms in total. The zero-order chi connectivity index (χ0) is 20.4. The zero-order valence-electron chi connectivity index (χ0n) is 16.7. The fourth-order valence-corrected chi connectivity index (χ4v) is 1.98. The Labute approximate surface area is 154 Å². The molecule has 0 saturated heterocycles. The quantitative estimate of drug-likeness (QED) is 0.383. The smallest absolute Gasteiger partial charge is 0.410 e. The zero-order valence-corrected chi connectivity index (χ0v) is 16.7. The molecule has 0 rings (SSSR count). The van der Waals surface area contributed by atoms with Gasteiger partial charge in [-0.05, 0) is 48.0 Å². The predicted octanol–water partition coefficient (Wildman–Crippen LogP) is 3.53. The van der Waals surface area contributed by atoms with E-state index in [2.05, 4.69) is 15.6 Å². The van der Waals surface area contributed by atoms with E-state index in [1.807, 2.05) is 41.5 Å². The average Bonchev–Trinajstić information content (AvgIpc) is 2.43. The van der Waals surface area contributed by atoms with Crippen LogP contribution in [-0.4, -0.2) is 61.0 Å². The first-order valence-electron chi connectivity index (χ1n) is 8.94. The first-order chi connectivity index (χ1) is 11.9. The van der Waals surface area contributed by atoms with Gasteiger partial charge in [0.2, 0.25) is 0 Å². The number of aliphatic imine (C=N–C) groups is 1. The van der Waals surface area contributed by atoms with Crippen molar-refractivity contribution >= 4 is 12.1 Å². The van der Waals surface area contributed by atoms with Crippen molar-refractivity contribution in [3.05, 3.63) is 0 Å². The number of nitrogens with zero attached hydrogens (tertiary/aromatic N) is 2. The number of alkyl halides is 3. The van der Waals surface area contributed by atoms with Crippen molar-refractivity contribution in [1.29, 1.82) is 0 Å². The summed E-state index contributed by atoms with van der Waals surface area (Å²) in [6, 6.07) is -0.0213. The van der Waals surface area contributed by atoms with Gasteiger partial charge in [0.05, 0.1) is 6.42 Å². The molecule has 154 valence electrons. The van der Waals surface area contributed by atoms with Crippen molar-refractivity contribution in [2.45, 2.75) is 72.2 Å². The van der Waals surface area contributed by atoms with Crippen LogP contribution in [0.1, 0.15) is 54.4 Å². The molecule has 0 bridgehead atoms. The third-order valence-electron chi connectivity index (χ3n) is 3.12. The molecule has 0 aliphatic carbocycles. The Kier molecular flexibility index (Phi) is 10.4. The minimum Gasteiger partial charge on any atom is -0.444 e. The van der Waals surface area contributed by atoms with Gasteiger partial charge in [-0.15, -0.1) is 0 Å². The minimum absolute atomic E-state index is 0.0213. The number of amides is 1. The minimum atomic E-state index is -4.20. The van der Waals surface area contributed by atoms with Gasteiger partial charge in [0, 0.05) is 32.2 Å². The second-order valence-electron chi connectivity index (χ2n) is 7.17. The lowest BCUT2D eigenvalue weighted by molar-refractivity contribution is -0.132. The van der Waals surface area contributed by atoms with E-state index in [9.17, 15) is 18.0 Å². The van der Waals surface area contributed by atoms with Crippen LogP contribution in [0, 0.1) is 0 Å². The van der Waals surface area contributed by atoms with Crippen LogP contribution in [0.2, 0.25) is 0 Å². The molecule has 0 aliphatic rings. The molecular formula is C17H33F3N4O2. The summed E-state index contributed by atoms with van der Waals surface area (Å²) < 4.78 is 42.0. The topological polar surface area (TPSA) is 66.0 Å². The van der Waals surface area contributed by atoms with E-state index in [1.54, 1.807) is 4.90 Å². The van der Waals surface area contributed by atoms with E-state index >= 15 is 0 Å². The maximum Gasteiger partial charge on any atom is 0.410 e. The lowest BCUT2D eigenvalue weighted by atomic mass is 10.2. The number of carbonyl (C=O) groups is 1. The molecule has 0 unspecified atom stereocenters. The summed E-state index contributed by atoms with van der Waals surface area (Å²) in [5, 5.41) is 5.56. The Morgan fingerprint density at radius 3 is 2.27 bits per heavy atom. The van der Waals surface area contributed by atoms with Crippen LogP contribution in [0.4, 0.5) is 18.0 Å². The summed E-state index contributed by atoms with van der Waals surface area (Å²) in [5.41, 5.74) is -0.566. The number of rotatable bonds is 8. The van der Waals surface area contributed by atoms with Gasteiger partial charge in [0.15, 0.2) is 5.96 Å². The molecule has 0 aromatic carbocycles. The van der Waals surface area contributed by atoms with Crippen LogP contribution in [-0.2, 0) is 4.74 Å². The van der Waals surface area contributed by atoms with Crippen LogP contribution in [0.5, 0.6) is 0 Å². The number of guanidine groups is 1. The van der Waals surface area contributed by atoms with Crippen molar-refractivity contribution in [1.82, 2.24) is 15.5 Å². The number of hydrogen-bond donors (Lipinski definition) is 2. The highest BCUT2D eigenvalue weighted by Gasteiger charge is 2.26. The Hall–Kier alpha value is -1.67. The molecule has 26 heavy (non-hydrogen) atoms. The van der Waals surface area contributed by atoms with Crippen LogP contribution < -0.4 is 10.6 Å². The average molecular weight is 382 g/mol. The highest BCUT2D eigenvalue weighted by molar-refractivity contribution is 5.79. The summed E-state index contributed by atoms with van der Waals surface area (Å²) in [7, 11) is 0. The summed E-state index contributed by atoms with van der Waals surface area (Å²) in [6.45, 7) is 12.2. The fourth-order valence-electron chi connectivity index (χ4n) is 1.98. The third-order valence-corrected chi connectivity index (χ3v) is 3.12. The molecule has 1 amide bonds. The van der Waals surface area contributed by atoms with Crippen LogP contribution in [0.3, 0.4) is 0 Å². The van der Waals surface area contributed by atoms with Gasteiger partial charge < -0.3 is 20.3 Å². The molecule has 0 aromatic heterocycles. The van der Waals surface area contributed by atoms with Gasteiger partial charge in [0.1, 0.15) is 5.60 Å². The third kappa shape index (κ3) is 12.7. The first kappa shape index (κ1) is 24.3. The maximum absolute atomic E-state index is 12.2. The molecule has 0 spiro atoms. The van der Waals surface area contributed by atoms with Gasteiger partial charge in [-0.2, -0.15) is 13.2 Å². The number of nitrogens with one attached hydrogen (secondary N) is 2. The van der Waals surface area contributed by atoms with Gasteiger partial charge >= 0.3 is 12.3 Å². The Balaban J connectivity index is 4.51. The molecule has 2 N–H and O–H groups in total. The second-order valence-corrected chi connectivity index (χ2v) is 7.17. The van der Waals surface area contributed by atoms with Crippen LogP contribution in [0.25, 0.3) is 0 Å². The largest absolute Gasteiger partial charge is 0.444 e. The molecule has 0 atom stereocenters. The first-order valence-corrected chi connectivity index (χ1v) is 8.94. The lowest BCUT2D eigenvalue weighted by Crippen LogP contribution is -2.42. The molecule has 0 radical (unpaired) electrons. The van der Waals surface area contributed by atoms with Gasteiger partial charge in [-0.3, -0.25) is 4.99 Å². The predicted molar refractivity (Wildman–Crippen MR) is 97.3 cm³/mol. The normalized spacial score (nSPS) is 12.9. The monoisotopic (exact) mass is 382 g/mol. The van der Waals surface area contributed by atoms with Crippen molar-refractivity contribution in [2.75, 3.05) is 26.2 Å². The maximum atomic E-state index is 12.2.